The molecule has 0 spiro atoms. The number of hydrogen-bond donors (Lipinski definition) is 1. The van der Waals surface area contributed by atoms with Gasteiger partial charge in [0.1, 0.15) is 6.61 Å². The van der Waals surface area contributed by atoms with Gasteiger partial charge in [0.25, 0.3) is 0 Å². The molecule has 0 aromatic carbocycles. The van der Waals surface area contributed by atoms with Crippen LogP contribution in [0.3, 0.4) is 0 Å². The van der Waals surface area contributed by atoms with Gasteiger partial charge in [-0.05, 0) is 96.3 Å². The van der Waals surface area contributed by atoms with Crippen molar-refractivity contribution in [1.82, 2.24) is 0 Å². The van der Waals surface area contributed by atoms with Crippen molar-refractivity contribution in [3.63, 3.8) is 0 Å². The van der Waals surface area contributed by atoms with Crippen molar-refractivity contribution >= 4 is 11.9 Å². The summed E-state index contributed by atoms with van der Waals surface area (Å²) in [6.07, 6.45) is 61.8. The van der Waals surface area contributed by atoms with Gasteiger partial charge < -0.3 is 14.6 Å². The Morgan fingerprint density at radius 2 is 0.796 bits per heavy atom. The molecule has 0 bridgehead atoms. The van der Waals surface area contributed by atoms with Gasteiger partial charge in [-0.2, -0.15) is 0 Å². The van der Waals surface area contributed by atoms with Gasteiger partial charge in [0.2, 0.25) is 0 Å². The van der Waals surface area contributed by atoms with E-state index in [4.69, 9.17) is 9.47 Å². The number of ether oxygens (including phenoxy) is 2. The van der Waals surface area contributed by atoms with Gasteiger partial charge in [0, 0.05) is 12.8 Å². The second-order valence-corrected chi connectivity index (χ2v) is 14.0. The van der Waals surface area contributed by atoms with E-state index in [9.17, 15) is 14.7 Å². The largest absolute Gasteiger partial charge is 0.462 e. The van der Waals surface area contributed by atoms with Gasteiger partial charge in [-0.25, -0.2) is 0 Å². The van der Waals surface area contributed by atoms with Crippen molar-refractivity contribution in [2.45, 2.75) is 187 Å². The van der Waals surface area contributed by atoms with E-state index in [0.29, 0.717) is 12.8 Å². The molecule has 5 heteroatoms. The van der Waals surface area contributed by atoms with Gasteiger partial charge in [-0.1, -0.05) is 169 Å². The van der Waals surface area contributed by atoms with Crippen molar-refractivity contribution in [2.24, 2.45) is 0 Å². The highest BCUT2D eigenvalue weighted by Gasteiger charge is 2.16. The first-order chi connectivity index (χ1) is 26.6. The molecule has 0 fully saturated rings. The summed E-state index contributed by atoms with van der Waals surface area (Å²) in [4.78, 5) is 24.3. The highest BCUT2D eigenvalue weighted by atomic mass is 16.6. The number of allylic oxidation sites excluding steroid dienone is 16. The lowest BCUT2D eigenvalue weighted by atomic mass is 10.1. The quantitative estimate of drug-likeness (QED) is 0.0387. The first kappa shape index (κ1) is 50.8. The van der Waals surface area contributed by atoms with Crippen LogP contribution in [-0.4, -0.2) is 36.4 Å². The summed E-state index contributed by atoms with van der Waals surface area (Å²) in [5.41, 5.74) is 0. The first-order valence-corrected chi connectivity index (χ1v) is 21.8. The Morgan fingerprint density at radius 3 is 1.22 bits per heavy atom. The van der Waals surface area contributed by atoms with Crippen molar-refractivity contribution in [2.75, 3.05) is 13.2 Å². The van der Waals surface area contributed by atoms with Crippen LogP contribution in [0, 0.1) is 0 Å². The van der Waals surface area contributed by atoms with Gasteiger partial charge in [0.05, 0.1) is 6.61 Å². The molecule has 0 aromatic heterocycles. The maximum Gasteiger partial charge on any atom is 0.306 e. The van der Waals surface area contributed by atoms with Crippen LogP contribution in [0.4, 0.5) is 0 Å². The Labute approximate surface area is 332 Å². The number of aliphatic hydroxyl groups excluding tert-OH is 1. The fourth-order valence-corrected chi connectivity index (χ4v) is 5.59. The smallest absolute Gasteiger partial charge is 0.306 e. The molecule has 0 aromatic rings. The van der Waals surface area contributed by atoms with Crippen molar-refractivity contribution in [3.8, 4) is 0 Å². The number of carbonyl (C=O) groups is 2. The van der Waals surface area contributed by atoms with E-state index in [2.05, 4.69) is 111 Å². The predicted octanol–water partition coefficient (Wildman–Crippen LogP) is 14.1. The summed E-state index contributed by atoms with van der Waals surface area (Å²) in [5.74, 6) is -0.651. The fraction of sp³-hybridized carbons (Fsp3) is 0.633. The summed E-state index contributed by atoms with van der Waals surface area (Å²) < 4.78 is 10.6. The topological polar surface area (TPSA) is 72.8 Å². The Hall–Kier alpha value is -3.18. The van der Waals surface area contributed by atoms with Crippen LogP contribution in [-0.2, 0) is 19.1 Å². The van der Waals surface area contributed by atoms with Gasteiger partial charge in [-0.3, -0.25) is 9.59 Å². The Morgan fingerprint density at radius 1 is 0.444 bits per heavy atom. The third-order valence-corrected chi connectivity index (χ3v) is 8.86. The van der Waals surface area contributed by atoms with E-state index in [1.54, 1.807) is 0 Å². The number of hydrogen-bond acceptors (Lipinski definition) is 5. The minimum Gasteiger partial charge on any atom is -0.462 e. The molecule has 0 radical (unpaired) electrons. The predicted molar refractivity (Wildman–Crippen MR) is 232 cm³/mol. The lowest BCUT2D eigenvalue weighted by Gasteiger charge is -2.15. The highest BCUT2D eigenvalue weighted by molar-refractivity contribution is 5.70. The van der Waals surface area contributed by atoms with Gasteiger partial charge in [-0.15, -0.1) is 0 Å². The molecule has 54 heavy (non-hydrogen) atoms. The molecule has 1 N–H and O–H groups in total. The van der Waals surface area contributed by atoms with Gasteiger partial charge in [0.15, 0.2) is 6.10 Å². The third-order valence-electron chi connectivity index (χ3n) is 8.86. The second kappa shape index (κ2) is 44.2. The molecule has 0 heterocycles. The average molecular weight is 749 g/mol. The third kappa shape index (κ3) is 41.6. The normalized spacial score (nSPS) is 13.2. The van der Waals surface area contributed by atoms with E-state index in [1.807, 2.05) is 0 Å². The highest BCUT2D eigenvalue weighted by Crippen LogP contribution is 2.11. The Balaban J connectivity index is 3.67. The van der Waals surface area contributed by atoms with Crippen LogP contribution in [0.25, 0.3) is 0 Å². The zero-order valence-electron chi connectivity index (χ0n) is 34.7. The number of esters is 2. The van der Waals surface area contributed by atoms with E-state index in [0.717, 1.165) is 96.3 Å². The standard InChI is InChI=1S/C49H80O5/c1-3-5-7-9-11-13-15-17-19-21-23-24-26-27-29-31-33-35-37-39-41-43-48(51)53-46-47(45-50)54-49(52)44-42-40-38-36-34-32-30-28-25-22-20-18-16-14-12-10-8-6-4-2/h6,8,12,14-15,17-18,20-21,23,25-28,32,34,47,50H,3-5,7,9-11,13,16,19,22,24,29-31,33,35-46H2,1-2H3/b8-6-,14-12-,17-15-,20-18-,23-21-,27-26-,28-25-,34-32-. The fourth-order valence-electron chi connectivity index (χ4n) is 5.59. The molecule has 0 aliphatic rings. The van der Waals surface area contributed by atoms with E-state index in [-0.39, 0.29) is 25.2 Å². The lowest BCUT2D eigenvalue weighted by molar-refractivity contribution is -0.161. The Bertz CT molecular complexity index is 1070. The maximum absolute atomic E-state index is 12.2. The van der Waals surface area contributed by atoms with Crippen molar-refractivity contribution in [3.05, 3.63) is 97.2 Å². The molecule has 0 saturated carbocycles. The first-order valence-electron chi connectivity index (χ1n) is 21.8. The van der Waals surface area contributed by atoms with E-state index in [1.165, 1.54) is 57.8 Å². The molecule has 306 valence electrons. The van der Waals surface area contributed by atoms with E-state index >= 15 is 0 Å². The van der Waals surface area contributed by atoms with Crippen molar-refractivity contribution in [1.29, 1.82) is 0 Å². The molecule has 0 aliphatic heterocycles. The van der Waals surface area contributed by atoms with Crippen LogP contribution >= 0.6 is 0 Å². The van der Waals surface area contributed by atoms with Crippen LogP contribution < -0.4 is 0 Å². The monoisotopic (exact) mass is 749 g/mol. The molecule has 0 rings (SSSR count). The number of unbranched alkanes of at least 4 members (excludes halogenated alkanes) is 14. The summed E-state index contributed by atoms with van der Waals surface area (Å²) >= 11 is 0. The average Bonchev–Trinajstić information content (AvgIpc) is 3.17. The molecule has 0 aliphatic carbocycles. The summed E-state index contributed by atoms with van der Waals surface area (Å²) in [6.45, 7) is 3.96. The molecule has 1 unspecified atom stereocenters. The summed E-state index contributed by atoms with van der Waals surface area (Å²) in [6, 6.07) is 0. The van der Waals surface area contributed by atoms with Crippen LogP contribution in [0.15, 0.2) is 97.2 Å². The molecular weight excluding hydrogens is 669 g/mol. The molecule has 1 atom stereocenters. The number of aliphatic hydroxyl groups is 1. The Kier molecular flexibility index (Phi) is 41.6. The minimum atomic E-state index is -0.801. The van der Waals surface area contributed by atoms with Crippen molar-refractivity contribution < 1.29 is 24.2 Å². The molecule has 0 saturated heterocycles. The maximum atomic E-state index is 12.2. The van der Waals surface area contributed by atoms with E-state index < -0.39 is 6.10 Å². The summed E-state index contributed by atoms with van der Waals surface area (Å²) in [7, 11) is 0. The number of carbonyl (C=O) groups excluding carboxylic acids is 2. The minimum absolute atomic E-state index is 0.0925. The second-order valence-electron chi connectivity index (χ2n) is 14.0. The zero-order chi connectivity index (χ0) is 39.3. The molecule has 5 nitrogen and oxygen atoms in total. The lowest BCUT2D eigenvalue weighted by Crippen LogP contribution is -2.28. The molecular formula is C49H80O5. The van der Waals surface area contributed by atoms with Crippen LogP contribution in [0.5, 0.6) is 0 Å². The zero-order valence-corrected chi connectivity index (χ0v) is 34.7. The SMILES string of the molecule is CC/C=C\C/C=C\C/C=C\C/C=C\C/C=C\CCCCCC(=O)OC(CO)COC(=O)CCCCCCCC/C=C\C/C=C\C/C=C\CCCCCCC. The van der Waals surface area contributed by atoms with Crippen LogP contribution in [0.2, 0.25) is 0 Å². The van der Waals surface area contributed by atoms with Gasteiger partial charge >= 0.3 is 11.9 Å². The van der Waals surface area contributed by atoms with Crippen LogP contribution in [0.1, 0.15) is 181 Å². The molecule has 0 amide bonds. The number of rotatable bonds is 38. The summed E-state index contributed by atoms with van der Waals surface area (Å²) in [5, 5.41) is 9.58.